The van der Waals surface area contributed by atoms with Gasteiger partial charge in [-0.25, -0.2) is 0 Å². The molecule has 278 valence electrons. The van der Waals surface area contributed by atoms with Gasteiger partial charge in [0.2, 0.25) is 0 Å². The highest BCUT2D eigenvalue weighted by Gasteiger charge is 2.13. The van der Waals surface area contributed by atoms with Crippen LogP contribution in [0.2, 0.25) is 0 Å². The van der Waals surface area contributed by atoms with Crippen LogP contribution < -0.4 is 0 Å². The van der Waals surface area contributed by atoms with Gasteiger partial charge in [-0.05, 0) is 48.0 Å². The lowest BCUT2D eigenvalue weighted by Crippen LogP contribution is -2.30. The molecule has 6 atom stereocenters. The molecular formula is C37H76O9. The summed E-state index contributed by atoms with van der Waals surface area (Å²) in [7, 11) is 0. The number of hydrogen-bond donors (Lipinski definition) is 1. The van der Waals surface area contributed by atoms with Gasteiger partial charge < -0.3 is 43.0 Å². The predicted molar refractivity (Wildman–Crippen MR) is 187 cm³/mol. The van der Waals surface area contributed by atoms with E-state index in [1.165, 1.54) is 77.0 Å². The molecule has 0 rings (SSSR count). The average Bonchev–Trinajstić information content (AvgIpc) is 3.05. The Morgan fingerprint density at radius 3 is 1.09 bits per heavy atom. The molecule has 0 aromatic rings. The van der Waals surface area contributed by atoms with Crippen LogP contribution in [0.1, 0.15) is 132 Å². The quantitative estimate of drug-likeness (QED) is 0.0677. The van der Waals surface area contributed by atoms with Crippen LogP contribution in [0.5, 0.6) is 0 Å². The van der Waals surface area contributed by atoms with Crippen LogP contribution >= 0.6 is 0 Å². The van der Waals surface area contributed by atoms with Crippen molar-refractivity contribution in [2.24, 2.45) is 0 Å². The first-order valence-electron chi connectivity index (χ1n) is 18.7. The van der Waals surface area contributed by atoms with Crippen LogP contribution in [-0.2, 0) is 37.9 Å². The van der Waals surface area contributed by atoms with Gasteiger partial charge in [0.25, 0.3) is 0 Å². The average molecular weight is 665 g/mol. The summed E-state index contributed by atoms with van der Waals surface area (Å²) in [6, 6.07) is 0. The van der Waals surface area contributed by atoms with Gasteiger partial charge in [0.05, 0.1) is 103 Å². The standard InChI is InChI=1S/C37H76O9/c1-8-9-10-11-12-13-14-15-16-17-18-19-20-22-40-26-32(2)42-28-34(4)44-30-36(6)46-31-37(7)45-29-35(5)43-27-33(3)41-25-24-39-23-21-38/h32-38H,8-31H2,1-7H3. The minimum Gasteiger partial charge on any atom is -0.394 e. The van der Waals surface area contributed by atoms with Crippen molar-refractivity contribution in [1.29, 1.82) is 0 Å². The molecule has 1 N–H and O–H groups in total. The fraction of sp³-hybridized carbons (Fsp3) is 1.00. The summed E-state index contributed by atoms with van der Waals surface area (Å²) in [4.78, 5) is 0. The second-order valence-corrected chi connectivity index (χ2v) is 13.1. The van der Waals surface area contributed by atoms with Gasteiger partial charge in [-0.2, -0.15) is 0 Å². The van der Waals surface area contributed by atoms with Crippen molar-refractivity contribution in [3.8, 4) is 0 Å². The van der Waals surface area contributed by atoms with Crippen LogP contribution in [0, 0.1) is 0 Å². The third kappa shape index (κ3) is 33.5. The predicted octanol–water partition coefficient (Wildman–Crippen LogP) is 7.53. The molecular weight excluding hydrogens is 588 g/mol. The number of ether oxygens (including phenoxy) is 8. The third-order valence-electron chi connectivity index (χ3n) is 7.69. The van der Waals surface area contributed by atoms with Crippen LogP contribution in [0.25, 0.3) is 0 Å². The Morgan fingerprint density at radius 2 is 0.696 bits per heavy atom. The summed E-state index contributed by atoms with van der Waals surface area (Å²) < 4.78 is 46.1. The number of unbranched alkanes of at least 4 members (excludes halogenated alkanes) is 12. The van der Waals surface area contributed by atoms with E-state index in [0.717, 1.165) is 13.0 Å². The maximum Gasteiger partial charge on any atom is 0.0781 e. The van der Waals surface area contributed by atoms with Gasteiger partial charge in [0.15, 0.2) is 0 Å². The van der Waals surface area contributed by atoms with Crippen molar-refractivity contribution in [3.05, 3.63) is 0 Å². The Bertz CT molecular complexity index is 597. The summed E-state index contributed by atoms with van der Waals surface area (Å²) in [5.41, 5.74) is 0. The topological polar surface area (TPSA) is 94.1 Å². The molecule has 9 nitrogen and oxygen atoms in total. The molecule has 0 heterocycles. The minimum absolute atomic E-state index is 0.0133. The number of rotatable bonds is 37. The van der Waals surface area contributed by atoms with Crippen LogP contribution in [0.3, 0.4) is 0 Å². The van der Waals surface area contributed by atoms with E-state index in [-0.39, 0.29) is 43.2 Å². The first-order valence-corrected chi connectivity index (χ1v) is 18.7. The zero-order valence-electron chi connectivity index (χ0n) is 31.1. The molecule has 0 amide bonds. The smallest absolute Gasteiger partial charge is 0.0781 e. The number of hydrogen-bond acceptors (Lipinski definition) is 9. The first kappa shape index (κ1) is 45.6. The van der Waals surface area contributed by atoms with E-state index in [2.05, 4.69) is 13.8 Å². The Morgan fingerprint density at radius 1 is 0.348 bits per heavy atom. The highest BCUT2D eigenvalue weighted by Crippen LogP contribution is 2.12. The fourth-order valence-electron chi connectivity index (χ4n) is 4.73. The Kier molecular flexibility index (Phi) is 34.2. The van der Waals surface area contributed by atoms with Crippen LogP contribution in [0.15, 0.2) is 0 Å². The number of aliphatic hydroxyl groups excluding tert-OH is 1. The Labute approximate surface area is 284 Å². The molecule has 0 aliphatic carbocycles. The van der Waals surface area contributed by atoms with E-state index < -0.39 is 0 Å². The van der Waals surface area contributed by atoms with Crippen molar-refractivity contribution in [2.45, 2.75) is 169 Å². The molecule has 0 radical (unpaired) electrons. The lowest BCUT2D eigenvalue weighted by Gasteiger charge is -2.22. The molecule has 9 heteroatoms. The minimum atomic E-state index is -0.0489. The Hall–Kier alpha value is -0.360. The van der Waals surface area contributed by atoms with Crippen molar-refractivity contribution < 1.29 is 43.0 Å². The van der Waals surface area contributed by atoms with Gasteiger partial charge >= 0.3 is 0 Å². The maximum atomic E-state index is 8.70. The van der Waals surface area contributed by atoms with E-state index in [1.807, 2.05) is 34.6 Å². The third-order valence-corrected chi connectivity index (χ3v) is 7.69. The van der Waals surface area contributed by atoms with Gasteiger partial charge in [-0.1, -0.05) is 84.0 Å². The van der Waals surface area contributed by atoms with Crippen molar-refractivity contribution in [1.82, 2.24) is 0 Å². The van der Waals surface area contributed by atoms with E-state index >= 15 is 0 Å². The van der Waals surface area contributed by atoms with Crippen molar-refractivity contribution in [3.63, 3.8) is 0 Å². The zero-order chi connectivity index (χ0) is 34.1. The number of aliphatic hydroxyl groups is 1. The molecule has 0 aliphatic rings. The maximum absolute atomic E-state index is 8.70. The molecule has 6 unspecified atom stereocenters. The molecule has 0 aliphatic heterocycles. The van der Waals surface area contributed by atoms with Crippen molar-refractivity contribution >= 4 is 0 Å². The first-order chi connectivity index (χ1) is 22.3. The van der Waals surface area contributed by atoms with Gasteiger partial charge in [0.1, 0.15) is 0 Å². The van der Waals surface area contributed by atoms with Gasteiger partial charge in [0, 0.05) is 6.61 Å². The van der Waals surface area contributed by atoms with Crippen LogP contribution in [-0.4, -0.2) is 114 Å². The molecule has 0 saturated carbocycles. The summed E-state index contributed by atoms with van der Waals surface area (Å²) in [5.74, 6) is 0. The zero-order valence-corrected chi connectivity index (χ0v) is 31.1. The van der Waals surface area contributed by atoms with E-state index in [0.29, 0.717) is 59.5 Å². The monoisotopic (exact) mass is 665 g/mol. The highest BCUT2D eigenvalue weighted by molar-refractivity contribution is 4.59. The summed E-state index contributed by atoms with van der Waals surface area (Å²) in [5, 5.41) is 8.70. The largest absolute Gasteiger partial charge is 0.394 e. The SMILES string of the molecule is CCCCCCCCCCCCCCCOCC(C)OCC(C)OCC(C)OCC(C)OCC(C)OCC(C)OCCOCCO. The van der Waals surface area contributed by atoms with Gasteiger partial charge in [-0.3, -0.25) is 0 Å². The normalized spacial score (nSPS) is 15.9. The molecule has 0 aromatic carbocycles. The lowest BCUT2D eigenvalue weighted by molar-refractivity contribution is -0.105. The molecule has 0 bridgehead atoms. The van der Waals surface area contributed by atoms with Gasteiger partial charge in [-0.15, -0.1) is 0 Å². The fourth-order valence-corrected chi connectivity index (χ4v) is 4.73. The molecule has 0 fully saturated rings. The van der Waals surface area contributed by atoms with Crippen LogP contribution in [0.4, 0.5) is 0 Å². The van der Waals surface area contributed by atoms with E-state index in [4.69, 9.17) is 43.0 Å². The molecule has 0 saturated heterocycles. The second kappa shape index (κ2) is 34.5. The summed E-state index contributed by atoms with van der Waals surface area (Å²) in [6.45, 7) is 19.6. The second-order valence-electron chi connectivity index (χ2n) is 13.1. The van der Waals surface area contributed by atoms with E-state index in [1.54, 1.807) is 0 Å². The summed E-state index contributed by atoms with van der Waals surface area (Å²) in [6.07, 6.45) is 17.6. The Balaban J connectivity index is 3.62. The highest BCUT2D eigenvalue weighted by atomic mass is 16.6. The lowest BCUT2D eigenvalue weighted by atomic mass is 10.0. The molecule has 46 heavy (non-hydrogen) atoms. The van der Waals surface area contributed by atoms with E-state index in [9.17, 15) is 0 Å². The molecule has 0 spiro atoms. The summed E-state index contributed by atoms with van der Waals surface area (Å²) >= 11 is 0. The van der Waals surface area contributed by atoms with Crippen molar-refractivity contribution in [2.75, 3.05) is 72.7 Å². The molecule has 0 aromatic heterocycles.